The maximum Gasteiger partial charge on any atom is 0.0461 e. The van der Waals surface area contributed by atoms with E-state index in [0.29, 0.717) is 0 Å². The number of hydrogen-bond acceptors (Lipinski definition) is 0. The molecule has 0 bridgehead atoms. The van der Waals surface area contributed by atoms with Gasteiger partial charge in [0.2, 0.25) is 0 Å². The van der Waals surface area contributed by atoms with Crippen LogP contribution in [0.25, 0.3) is 0 Å². The van der Waals surface area contributed by atoms with Crippen LogP contribution in [0.3, 0.4) is 0 Å². The van der Waals surface area contributed by atoms with Crippen molar-refractivity contribution in [1.29, 1.82) is 0 Å². The van der Waals surface area contributed by atoms with Gasteiger partial charge < -0.3 is 0 Å². The largest absolute Gasteiger partial charge is 0.0461 e. The van der Waals surface area contributed by atoms with Gasteiger partial charge in [-0.15, -0.1) is 0 Å². The van der Waals surface area contributed by atoms with Crippen molar-refractivity contribution in [2.24, 2.45) is 0 Å². The monoisotopic (exact) mass is 377 g/mol. The van der Waals surface area contributed by atoms with Crippen LogP contribution in [0.1, 0.15) is 6.92 Å². The smallest absolute Gasteiger partial charge is 0.00840 e. The van der Waals surface area contributed by atoms with Gasteiger partial charge in [-0.3, -0.25) is 0 Å². The van der Waals surface area contributed by atoms with E-state index >= 15 is 0 Å². The van der Waals surface area contributed by atoms with E-state index in [4.69, 9.17) is 0 Å². The van der Waals surface area contributed by atoms with E-state index in [0.717, 1.165) is 0 Å². The summed E-state index contributed by atoms with van der Waals surface area (Å²) < 4.78 is 1.97. The van der Waals surface area contributed by atoms with Crippen LogP contribution in [0.4, 0.5) is 0 Å². The molecule has 11 heavy (non-hydrogen) atoms. The molecule has 3 heteroatoms. The third-order valence-electron chi connectivity index (χ3n) is 0. The first-order valence-corrected chi connectivity index (χ1v) is 11.1. The Balaban J connectivity index is -0.0000000886. The molecule has 0 aliphatic carbocycles. The SMILES string of the molecule is C[CH]=[Pt].C[PH+](C)C.C[PH+](C)C. The Morgan fingerprint density at radius 1 is 0.818 bits per heavy atom. The molecule has 74 valence electrons. The van der Waals surface area contributed by atoms with Gasteiger partial charge in [-0.25, -0.2) is 0 Å². The fourth-order valence-corrected chi connectivity index (χ4v) is 0. The minimum absolute atomic E-state index is 0.120. The summed E-state index contributed by atoms with van der Waals surface area (Å²) in [5.41, 5.74) is 0. The maximum absolute atomic E-state index is 2.27. The van der Waals surface area contributed by atoms with Crippen molar-refractivity contribution in [2.45, 2.75) is 6.92 Å². The van der Waals surface area contributed by atoms with Crippen molar-refractivity contribution in [3.63, 3.8) is 0 Å². The van der Waals surface area contributed by atoms with Crippen molar-refractivity contribution in [2.75, 3.05) is 40.0 Å². The number of hydrogen-bond donors (Lipinski definition) is 0. The molecule has 0 aromatic carbocycles. The summed E-state index contributed by atoms with van der Waals surface area (Å²) in [5.74, 6) is 0. The molecule has 0 atom stereocenters. The molecule has 0 saturated carbocycles. The summed E-state index contributed by atoms with van der Waals surface area (Å²) in [4.78, 5) is 0. The van der Waals surface area contributed by atoms with E-state index in [1.54, 1.807) is 0 Å². The van der Waals surface area contributed by atoms with Gasteiger partial charge >= 0.3 is 30.7 Å². The zero-order valence-electron chi connectivity index (χ0n) is 8.89. The summed E-state index contributed by atoms with van der Waals surface area (Å²) in [7, 11) is 0.241. The normalized spacial score (nSPS) is 7.91. The van der Waals surface area contributed by atoms with Gasteiger partial charge in [-0.2, -0.15) is 0 Å². The van der Waals surface area contributed by atoms with E-state index in [9.17, 15) is 0 Å². The quantitative estimate of drug-likeness (QED) is 0.570. The van der Waals surface area contributed by atoms with Gasteiger partial charge in [-0.05, 0) is 15.8 Å². The van der Waals surface area contributed by atoms with E-state index in [2.05, 4.69) is 59.3 Å². The van der Waals surface area contributed by atoms with Gasteiger partial charge in [-0.1, -0.05) is 0 Å². The third kappa shape index (κ3) is 504. The first-order valence-electron chi connectivity index (χ1n) is 3.76. The molecular weight excluding hydrogens is 353 g/mol. The average molecular weight is 377 g/mol. The van der Waals surface area contributed by atoms with Crippen molar-refractivity contribution in [1.82, 2.24) is 0 Å². The predicted octanol–water partition coefficient (Wildman–Crippen LogP) is 2.54. The fourth-order valence-electron chi connectivity index (χ4n) is 0. The third-order valence-corrected chi connectivity index (χ3v) is 0. The molecule has 0 rings (SSSR count). The molecule has 0 aliphatic rings. The molecule has 0 saturated heterocycles. The minimum atomic E-state index is 0.120. The van der Waals surface area contributed by atoms with Gasteiger partial charge in [0, 0.05) is 40.0 Å². The summed E-state index contributed by atoms with van der Waals surface area (Å²) in [6.45, 7) is 15.6. The molecule has 0 heterocycles. The first-order chi connectivity index (χ1) is 4.88. The van der Waals surface area contributed by atoms with Crippen LogP contribution in [0.5, 0.6) is 0 Å². The summed E-state index contributed by atoms with van der Waals surface area (Å²) >= 11 is 2.15. The van der Waals surface area contributed by atoms with Crippen molar-refractivity contribution >= 4 is 20.2 Å². The van der Waals surface area contributed by atoms with Gasteiger partial charge in [0.1, 0.15) is 0 Å². The standard InChI is InChI=1S/2C3H9P.C2H4.Pt/c2*1-4(2)3;1-2;/h2*1-3H3;1H,2H3;/p+2. The second kappa shape index (κ2) is 17.5. The Kier molecular flexibility index (Phi) is 29.0. The van der Waals surface area contributed by atoms with Crippen LogP contribution in [-0.2, 0) is 19.4 Å². The van der Waals surface area contributed by atoms with Crippen LogP contribution >= 0.6 is 15.8 Å². The zero-order valence-corrected chi connectivity index (χ0v) is 13.2. The average Bonchev–Trinajstić information content (AvgIpc) is 1.60. The second-order valence-corrected chi connectivity index (χ2v) is 10.5. The van der Waals surface area contributed by atoms with Crippen LogP contribution in [-0.4, -0.2) is 44.4 Å². The van der Waals surface area contributed by atoms with Gasteiger partial charge in [0.05, 0.1) is 0 Å². The second-order valence-electron chi connectivity index (χ2n) is 3.18. The van der Waals surface area contributed by atoms with Crippen molar-refractivity contribution < 1.29 is 19.4 Å². The molecule has 0 aromatic heterocycles. The molecule has 0 aliphatic heterocycles. The Hall–Kier alpha value is 1.42. The molecule has 0 N–H and O–H groups in total. The Bertz CT molecular complexity index is 51.6. The maximum atomic E-state index is 2.27. The Morgan fingerprint density at radius 3 is 0.818 bits per heavy atom. The van der Waals surface area contributed by atoms with Crippen molar-refractivity contribution in [3.05, 3.63) is 0 Å². The molecular formula is C8H24P2Pt+2. The molecule has 0 amide bonds. The van der Waals surface area contributed by atoms with Gasteiger partial charge in [0.25, 0.3) is 0 Å². The van der Waals surface area contributed by atoms with E-state index in [1.807, 2.05) is 11.3 Å². The molecule has 0 fully saturated rings. The molecule has 0 spiro atoms. The summed E-state index contributed by atoms with van der Waals surface area (Å²) in [5, 5.41) is 0. The fraction of sp³-hybridized carbons (Fsp3) is 0.875. The summed E-state index contributed by atoms with van der Waals surface area (Å²) in [6, 6.07) is 0. The molecule has 0 aromatic rings. The van der Waals surface area contributed by atoms with Crippen LogP contribution in [0, 0.1) is 0 Å². The minimum Gasteiger partial charge on any atom is -0.00840 e. The first kappa shape index (κ1) is 18.3. The summed E-state index contributed by atoms with van der Waals surface area (Å²) in [6.07, 6.45) is 0. The van der Waals surface area contributed by atoms with Crippen LogP contribution < -0.4 is 0 Å². The van der Waals surface area contributed by atoms with Gasteiger partial charge in [0.15, 0.2) is 0 Å². The van der Waals surface area contributed by atoms with Crippen LogP contribution in [0.2, 0.25) is 0 Å². The van der Waals surface area contributed by atoms with E-state index in [-0.39, 0.29) is 15.8 Å². The molecule has 0 radical (unpaired) electrons. The Morgan fingerprint density at radius 2 is 0.818 bits per heavy atom. The topological polar surface area (TPSA) is 0 Å². The Labute approximate surface area is 86.5 Å². The molecule has 0 unspecified atom stereocenters. The number of rotatable bonds is 0. The zero-order chi connectivity index (χ0) is 9.86. The van der Waals surface area contributed by atoms with E-state index < -0.39 is 0 Å². The van der Waals surface area contributed by atoms with Crippen molar-refractivity contribution in [3.8, 4) is 0 Å². The molecule has 0 nitrogen and oxygen atoms in total. The van der Waals surface area contributed by atoms with E-state index in [1.165, 1.54) is 0 Å². The van der Waals surface area contributed by atoms with Crippen LogP contribution in [0.15, 0.2) is 0 Å². The predicted molar refractivity (Wildman–Crippen MR) is 63.9 cm³/mol.